The molecule has 0 fully saturated rings. The summed E-state index contributed by atoms with van der Waals surface area (Å²) in [5.74, 6) is -1.24. The zero-order valence-corrected chi connectivity index (χ0v) is 22.0. The van der Waals surface area contributed by atoms with Gasteiger partial charge in [0.25, 0.3) is 0 Å². The van der Waals surface area contributed by atoms with Crippen molar-refractivity contribution in [1.82, 2.24) is 0 Å². The molecule has 0 N–H and O–H groups in total. The summed E-state index contributed by atoms with van der Waals surface area (Å²) in [6, 6.07) is 10.5. The van der Waals surface area contributed by atoms with Gasteiger partial charge in [-0.05, 0) is 48.7 Å². The molecule has 0 radical (unpaired) electrons. The molecular formula is C26H29F3O8S. The van der Waals surface area contributed by atoms with Gasteiger partial charge >= 0.3 is 21.6 Å². The Morgan fingerprint density at radius 3 is 2.08 bits per heavy atom. The molecule has 12 heteroatoms. The summed E-state index contributed by atoms with van der Waals surface area (Å²) in [6.07, 6.45) is 1.99. The first-order valence-electron chi connectivity index (χ1n) is 12.0. The van der Waals surface area contributed by atoms with Crippen molar-refractivity contribution in [3.8, 4) is 17.2 Å². The van der Waals surface area contributed by atoms with E-state index in [1.165, 1.54) is 18.2 Å². The normalized spacial score (nSPS) is 15.4. The van der Waals surface area contributed by atoms with Gasteiger partial charge in [-0.2, -0.15) is 21.6 Å². The lowest BCUT2D eigenvalue weighted by molar-refractivity contribution is -0.137. The fraction of sp³-hybridized carbons (Fsp3) is 0.423. The van der Waals surface area contributed by atoms with Crippen LogP contribution in [0, 0.1) is 0 Å². The molecule has 3 rings (SSSR count). The minimum atomic E-state index is -6.16. The SMILES string of the molecule is CCCCOc1ccc(C2Oc3ccc(OCCCC)cc3C(OS(=O)(=O)C(F)(F)F)=C2C(=O)OC)cc1. The van der Waals surface area contributed by atoms with E-state index in [1.54, 1.807) is 24.3 Å². The maximum Gasteiger partial charge on any atom is 0.534 e. The zero-order valence-electron chi connectivity index (χ0n) is 21.2. The van der Waals surface area contributed by atoms with Crippen LogP contribution in [0.15, 0.2) is 48.0 Å². The lowest BCUT2D eigenvalue weighted by Crippen LogP contribution is -2.29. The van der Waals surface area contributed by atoms with Gasteiger partial charge in [0, 0.05) is 0 Å². The highest BCUT2D eigenvalue weighted by atomic mass is 32.2. The minimum Gasteiger partial charge on any atom is -0.494 e. The largest absolute Gasteiger partial charge is 0.534 e. The van der Waals surface area contributed by atoms with E-state index in [4.69, 9.17) is 18.9 Å². The molecule has 2 aromatic carbocycles. The van der Waals surface area contributed by atoms with Crippen molar-refractivity contribution in [1.29, 1.82) is 0 Å². The summed E-state index contributed by atoms with van der Waals surface area (Å²) in [6.45, 7) is 4.78. The molecule has 0 amide bonds. The van der Waals surface area contributed by atoms with Crippen LogP contribution >= 0.6 is 0 Å². The highest BCUT2D eigenvalue weighted by molar-refractivity contribution is 7.87. The average molecular weight is 559 g/mol. The number of carbonyl (C=O) groups excluding carboxylic acids is 1. The first kappa shape index (κ1) is 29.2. The summed E-state index contributed by atoms with van der Waals surface area (Å²) >= 11 is 0. The van der Waals surface area contributed by atoms with Crippen LogP contribution in [-0.4, -0.2) is 40.2 Å². The van der Waals surface area contributed by atoms with E-state index in [0.717, 1.165) is 26.4 Å². The number of carbonyl (C=O) groups is 1. The minimum absolute atomic E-state index is 0.0128. The van der Waals surface area contributed by atoms with Crippen LogP contribution in [-0.2, 0) is 23.8 Å². The van der Waals surface area contributed by atoms with Crippen molar-refractivity contribution in [2.24, 2.45) is 0 Å². The van der Waals surface area contributed by atoms with Crippen LogP contribution in [0.5, 0.6) is 17.2 Å². The maximum atomic E-state index is 13.3. The van der Waals surface area contributed by atoms with E-state index >= 15 is 0 Å². The highest BCUT2D eigenvalue weighted by Crippen LogP contribution is 2.46. The number of hydrogen-bond acceptors (Lipinski definition) is 8. The van der Waals surface area contributed by atoms with Gasteiger partial charge in [-0.3, -0.25) is 0 Å². The lowest BCUT2D eigenvalue weighted by atomic mass is 9.94. The van der Waals surface area contributed by atoms with Gasteiger partial charge in [-0.15, -0.1) is 0 Å². The Morgan fingerprint density at radius 1 is 0.947 bits per heavy atom. The number of fused-ring (bicyclic) bond motifs is 1. The molecule has 0 aliphatic carbocycles. The highest BCUT2D eigenvalue weighted by Gasteiger charge is 2.51. The van der Waals surface area contributed by atoms with Gasteiger partial charge in [0.05, 0.1) is 25.9 Å². The van der Waals surface area contributed by atoms with Gasteiger partial charge in [0.1, 0.15) is 22.8 Å². The molecule has 1 aliphatic heterocycles. The molecular weight excluding hydrogens is 529 g/mol. The van der Waals surface area contributed by atoms with E-state index in [0.29, 0.717) is 30.9 Å². The Morgan fingerprint density at radius 2 is 1.53 bits per heavy atom. The van der Waals surface area contributed by atoms with Gasteiger partial charge in [0.2, 0.25) is 0 Å². The smallest absolute Gasteiger partial charge is 0.494 e. The monoisotopic (exact) mass is 558 g/mol. The number of benzene rings is 2. The third kappa shape index (κ3) is 6.72. The number of alkyl halides is 3. The quantitative estimate of drug-likeness (QED) is 0.137. The summed E-state index contributed by atoms with van der Waals surface area (Å²) in [7, 11) is -5.15. The molecule has 208 valence electrons. The van der Waals surface area contributed by atoms with Crippen LogP contribution in [0.2, 0.25) is 0 Å². The Hall–Kier alpha value is -3.41. The number of methoxy groups -OCH3 is 1. The van der Waals surface area contributed by atoms with Crippen molar-refractivity contribution in [2.75, 3.05) is 20.3 Å². The topological polar surface area (TPSA) is 97.4 Å². The van der Waals surface area contributed by atoms with E-state index < -0.39 is 39.0 Å². The van der Waals surface area contributed by atoms with E-state index in [2.05, 4.69) is 4.18 Å². The Labute approximate surface area is 219 Å². The Bertz CT molecular complexity index is 1250. The van der Waals surface area contributed by atoms with Crippen LogP contribution < -0.4 is 14.2 Å². The van der Waals surface area contributed by atoms with Gasteiger partial charge in [-0.1, -0.05) is 38.8 Å². The van der Waals surface area contributed by atoms with Crippen LogP contribution in [0.1, 0.15) is 56.8 Å². The van der Waals surface area contributed by atoms with Crippen molar-refractivity contribution in [2.45, 2.75) is 51.1 Å². The van der Waals surface area contributed by atoms with Crippen LogP contribution in [0.3, 0.4) is 0 Å². The van der Waals surface area contributed by atoms with Crippen molar-refractivity contribution in [3.63, 3.8) is 0 Å². The third-order valence-electron chi connectivity index (χ3n) is 5.55. The number of halogens is 3. The Balaban J connectivity index is 2.14. The van der Waals surface area contributed by atoms with Crippen molar-refractivity contribution < 1.29 is 49.5 Å². The van der Waals surface area contributed by atoms with Gasteiger partial charge in [-0.25, -0.2) is 4.79 Å². The second-order valence-corrected chi connectivity index (χ2v) is 9.88. The van der Waals surface area contributed by atoms with E-state index in [-0.39, 0.29) is 17.1 Å². The van der Waals surface area contributed by atoms with Crippen molar-refractivity contribution >= 4 is 21.8 Å². The fourth-order valence-electron chi connectivity index (χ4n) is 3.53. The number of esters is 1. The average Bonchev–Trinajstić information content (AvgIpc) is 2.88. The predicted molar refractivity (Wildman–Crippen MR) is 132 cm³/mol. The number of hydrogen-bond donors (Lipinski definition) is 0. The van der Waals surface area contributed by atoms with Gasteiger partial charge in [0.15, 0.2) is 11.9 Å². The fourth-order valence-corrected chi connectivity index (χ4v) is 4.02. The standard InChI is InChI=1S/C26H29F3O8S/c1-4-6-14-34-18-10-8-17(9-11-18)23-22(25(30)33-3)24(37-38(31,32)26(27,28)29)20-16-19(35-15-7-5-2)12-13-21(20)36-23/h8-13,16,23H,4-7,14-15H2,1-3H3. The van der Waals surface area contributed by atoms with Crippen LogP contribution in [0.25, 0.3) is 5.76 Å². The summed E-state index contributed by atoms with van der Waals surface area (Å²) in [5.41, 5.74) is -6.18. The van der Waals surface area contributed by atoms with E-state index in [9.17, 15) is 26.4 Å². The summed E-state index contributed by atoms with van der Waals surface area (Å²) < 4.78 is 90.8. The van der Waals surface area contributed by atoms with Crippen molar-refractivity contribution in [3.05, 3.63) is 59.2 Å². The summed E-state index contributed by atoms with van der Waals surface area (Å²) in [4.78, 5) is 12.9. The molecule has 1 aliphatic rings. The molecule has 38 heavy (non-hydrogen) atoms. The molecule has 2 aromatic rings. The molecule has 0 spiro atoms. The molecule has 1 atom stereocenters. The molecule has 0 aromatic heterocycles. The van der Waals surface area contributed by atoms with E-state index in [1.807, 2.05) is 13.8 Å². The third-order valence-corrected chi connectivity index (χ3v) is 6.50. The number of ether oxygens (including phenoxy) is 4. The van der Waals surface area contributed by atoms with Gasteiger partial charge < -0.3 is 23.1 Å². The number of rotatable bonds is 12. The van der Waals surface area contributed by atoms with Crippen LogP contribution in [0.4, 0.5) is 13.2 Å². The Kier molecular flexibility index (Phi) is 9.53. The zero-order chi connectivity index (χ0) is 27.9. The first-order chi connectivity index (χ1) is 18.0. The maximum absolute atomic E-state index is 13.3. The predicted octanol–water partition coefficient (Wildman–Crippen LogP) is 5.93. The number of unbranched alkanes of at least 4 members (excludes halogenated alkanes) is 2. The molecule has 1 unspecified atom stereocenters. The second-order valence-electron chi connectivity index (χ2n) is 8.35. The molecule has 0 bridgehead atoms. The lowest BCUT2D eigenvalue weighted by Gasteiger charge is -2.30. The molecule has 0 saturated carbocycles. The summed E-state index contributed by atoms with van der Waals surface area (Å²) in [5, 5.41) is 0. The molecule has 8 nitrogen and oxygen atoms in total. The molecule has 0 saturated heterocycles. The first-order valence-corrected chi connectivity index (χ1v) is 13.4. The second kappa shape index (κ2) is 12.4. The molecule has 1 heterocycles.